The van der Waals surface area contributed by atoms with Gasteiger partial charge in [0.05, 0.1) is 0 Å². The summed E-state index contributed by atoms with van der Waals surface area (Å²) in [6, 6.07) is 13.6. The molecule has 2 aromatic carbocycles. The van der Waals surface area contributed by atoms with Gasteiger partial charge in [0, 0.05) is 23.6 Å². The lowest BCUT2D eigenvalue weighted by molar-refractivity contribution is -0.150. The van der Waals surface area contributed by atoms with Gasteiger partial charge in [-0.25, -0.2) is 14.4 Å². The van der Waals surface area contributed by atoms with Crippen LogP contribution in [0.2, 0.25) is 0 Å². The Morgan fingerprint density at radius 3 is 2.56 bits per heavy atom. The van der Waals surface area contributed by atoms with Gasteiger partial charge >= 0.3 is 17.6 Å². The van der Waals surface area contributed by atoms with Gasteiger partial charge in [0.15, 0.2) is 6.61 Å². The van der Waals surface area contributed by atoms with E-state index in [1.54, 1.807) is 24.3 Å². The number of aromatic hydroxyl groups is 1. The van der Waals surface area contributed by atoms with Crippen LogP contribution in [0.25, 0.3) is 17.0 Å². The minimum absolute atomic E-state index is 0.116. The molecule has 0 radical (unpaired) electrons. The molecule has 7 nitrogen and oxygen atoms in total. The number of hydrogen-bond acceptors (Lipinski definition) is 7. The number of ether oxygens (including phenoxy) is 2. The van der Waals surface area contributed by atoms with E-state index in [-0.39, 0.29) is 17.1 Å². The Morgan fingerprint density at radius 2 is 1.78 bits per heavy atom. The fourth-order valence-corrected chi connectivity index (χ4v) is 2.19. The standard InChI is InChI=1S/C20H14O7/c21-15-6-1-13(2-7-15)3-9-18(22)25-12-20(24)26-16-8-4-14-5-10-19(23)27-17(14)11-16/h1-11,21H,12H2/b9-3+. The van der Waals surface area contributed by atoms with Gasteiger partial charge in [0.1, 0.15) is 17.1 Å². The van der Waals surface area contributed by atoms with Gasteiger partial charge in [-0.1, -0.05) is 12.1 Å². The molecule has 0 saturated heterocycles. The van der Waals surface area contributed by atoms with E-state index in [0.717, 1.165) is 6.08 Å². The smallest absolute Gasteiger partial charge is 0.349 e. The zero-order valence-corrected chi connectivity index (χ0v) is 14.0. The second-order valence-corrected chi connectivity index (χ2v) is 5.46. The number of phenolic OH excluding ortho intramolecular Hbond substituents is 1. The summed E-state index contributed by atoms with van der Waals surface area (Å²) in [6.45, 7) is -0.574. The normalized spacial score (nSPS) is 10.8. The lowest BCUT2D eigenvalue weighted by atomic mass is 10.2. The average molecular weight is 366 g/mol. The van der Waals surface area contributed by atoms with Gasteiger partial charge in [0.2, 0.25) is 0 Å². The van der Waals surface area contributed by atoms with Gasteiger partial charge in [-0.15, -0.1) is 0 Å². The first-order valence-electron chi connectivity index (χ1n) is 7.88. The summed E-state index contributed by atoms with van der Waals surface area (Å²) >= 11 is 0. The predicted octanol–water partition coefficient (Wildman–Crippen LogP) is 2.66. The summed E-state index contributed by atoms with van der Waals surface area (Å²) in [4.78, 5) is 34.6. The lowest BCUT2D eigenvalue weighted by Crippen LogP contribution is -2.17. The zero-order valence-electron chi connectivity index (χ0n) is 14.0. The maximum Gasteiger partial charge on any atom is 0.349 e. The van der Waals surface area contributed by atoms with E-state index in [4.69, 9.17) is 13.9 Å². The van der Waals surface area contributed by atoms with Crippen molar-refractivity contribution in [3.8, 4) is 11.5 Å². The Morgan fingerprint density at radius 1 is 1.04 bits per heavy atom. The summed E-state index contributed by atoms with van der Waals surface area (Å²) in [5.74, 6) is -1.22. The summed E-state index contributed by atoms with van der Waals surface area (Å²) in [5, 5.41) is 9.86. The number of carbonyl (C=O) groups is 2. The maximum absolute atomic E-state index is 11.8. The van der Waals surface area contributed by atoms with Crippen LogP contribution in [0.3, 0.4) is 0 Å². The predicted molar refractivity (Wildman–Crippen MR) is 96.2 cm³/mol. The zero-order chi connectivity index (χ0) is 19.2. The third-order valence-corrected chi connectivity index (χ3v) is 3.46. The number of benzene rings is 2. The molecule has 27 heavy (non-hydrogen) atoms. The van der Waals surface area contributed by atoms with Crippen molar-refractivity contribution < 1.29 is 28.6 Å². The highest BCUT2D eigenvalue weighted by Gasteiger charge is 2.09. The Bertz CT molecular complexity index is 1060. The van der Waals surface area contributed by atoms with Crippen LogP contribution in [-0.4, -0.2) is 23.7 Å². The molecule has 0 aliphatic heterocycles. The Labute approximate surface area is 153 Å². The molecule has 3 aromatic rings. The molecule has 1 N–H and O–H groups in total. The molecule has 0 saturated carbocycles. The van der Waals surface area contributed by atoms with Gasteiger partial charge < -0.3 is 19.0 Å². The van der Waals surface area contributed by atoms with Crippen LogP contribution in [-0.2, 0) is 14.3 Å². The highest BCUT2D eigenvalue weighted by molar-refractivity contribution is 5.89. The van der Waals surface area contributed by atoms with Crippen molar-refractivity contribution in [2.75, 3.05) is 6.61 Å². The molecule has 0 aliphatic rings. The molecular formula is C20H14O7. The van der Waals surface area contributed by atoms with E-state index < -0.39 is 24.2 Å². The molecular weight excluding hydrogens is 352 g/mol. The number of esters is 2. The van der Waals surface area contributed by atoms with E-state index in [1.165, 1.54) is 36.4 Å². The van der Waals surface area contributed by atoms with Crippen molar-refractivity contribution in [3.63, 3.8) is 0 Å². The number of phenols is 1. The molecule has 0 unspecified atom stereocenters. The first-order valence-corrected chi connectivity index (χ1v) is 7.88. The average Bonchev–Trinajstić information content (AvgIpc) is 2.65. The molecule has 3 rings (SSSR count). The van der Waals surface area contributed by atoms with Crippen molar-refractivity contribution in [1.82, 2.24) is 0 Å². The van der Waals surface area contributed by atoms with Gasteiger partial charge in [-0.2, -0.15) is 0 Å². The fourth-order valence-electron chi connectivity index (χ4n) is 2.19. The molecule has 7 heteroatoms. The molecule has 136 valence electrons. The van der Waals surface area contributed by atoms with Crippen LogP contribution in [0.4, 0.5) is 0 Å². The number of fused-ring (bicyclic) bond motifs is 1. The number of hydrogen-bond donors (Lipinski definition) is 1. The van der Waals surface area contributed by atoms with Crippen LogP contribution in [0.5, 0.6) is 11.5 Å². The highest BCUT2D eigenvalue weighted by atomic mass is 16.6. The summed E-state index contributed by atoms with van der Waals surface area (Å²) < 4.78 is 14.9. The third-order valence-electron chi connectivity index (χ3n) is 3.46. The second-order valence-electron chi connectivity index (χ2n) is 5.46. The third kappa shape index (κ3) is 5.05. The van der Waals surface area contributed by atoms with Gasteiger partial charge in [-0.3, -0.25) is 0 Å². The maximum atomic E-state index is 11.8. The van der Waals surface area contributed by atoms with Crippen LogP contribution in [0.1, 0.15) is 5.56 Å². The van der Waals surface area contributed by atoms with Crippen LogP contribution >= 0.6 is 0 Å². The van der Waals surface area contributed by atoms with E-state index >= 15 is 0 Å². The molecule has 0 amide bonds. The van der Waals surface area contributed by atoms with E-state index in [2.05, 4.69) is 0 Å². The van der Waals surface area contributed by atoms with E-state index in [0.29, 0.717) is 10.9 Å². The highest BCUT2D eigenvalue weighted by Crippen LogP contribution is 2.19. The molecule has 0 atom stereocenters. The molecule has 0 aliphatic carbocycles. The molecule has 1 heterocycles. The Kier molecular flexibility index (Phi) is 5.32. The SMILES string of the molecule is O=C(/C=C/c1ccc(O)cc1)OCC(=O)Oc1ccc2ccc(=O)oc2c1. The summed E-state index contributed by atoms with van der Waals surface area (Å²) in [5.41, 5.74) is 0.451. The van der Waals surface area contributed by atoms with Crippen molar-refractivity contribution in [3.05, 3.63) is 76.7 Å². The van der Waals surface area contributed by atoms with Crippen LogP contribution in [0, 0.1) is 0 Å². The molecule has 0 bridgehead atoms. The van der Waals surface area contributed by atoms with Crippen molar-refractivity contribution in [1.29, 1.82) is 0 Å². The Hall–Kier alpha value is -3.87. The fraction of sp³-hybridized carbons (Fsp3) is 0.0500. The van der Waals surface area contributed by atoms with Crippen LogP contribution < -0.4 is 10.4 Å². The molecule has 0 spiro atoms. The molecule has 1 aromatic heterocycles. The quantitative estimate of drug-likeness (QED) is 0.320. The van der Waals surface area contributed by atoms with Crippen molar-refractivity contribution >= 4 is 29.0 Å². The first-order chi connectivity index (χ1) is 13.0. The van der Waals surface area contributed by atoms with Gasteiger partial charge in [-0.05, 0) is 42.0 Å². The van der Waals surface area contributed by atoms with Crippen LogP contribution in [0.15, 0.2) is 69.9 Å². The molecule has 0 fully saturated rings. The van der Waals surface area contributed by atoms with Crippen molar-refractivity contribution in [2.24, 2.45) is 0 Å². The minimum atomic E-state index is -0.779. The first kappa shape index (κ1) is 17.9. The minimum Gasteiger partial charge on any atom is -0.508 e. The lowest BCUT2D eigenvalue weighted by Gasteiger charge is -2.05. The van der Waals surface area contributed by atoms with Crippen molar-refractivity contribution in [2.45, 2.75) is 0 Å². The topological polar surface area (TPSA) is 103 Å². The summed E-state index contributed by atoms with van der Waals surface area (Å²) in [6.07, 6.45) is 2.64. The monoisotopic (exact) mass is 366 g/mol. The largest absolute Gasteiger partial charge is 0.508 e. The van der Waals surface area contributed by atoms with E-state index in [1.807, 2.05) is 0 Å². The van der Waals surface area contributed by atoms with Gasteiger partial charge in [0.25, 0.3) is 0 Å². The second kappa shape index (κ2) is 8.01. The van der Waals surface area contributed by atoms with E-state index in [9.17, 15) is 19.5 Å². The number of rotatable bonds is 5. The number of carbonyl (C=O) groups excluding carboxylic acids is 2. The summed E-state index contributed by atoms with van der Waals surface area (Å²) in [7, 11) is 0. The Balaban J connectivity index is 1.54.